The SMILES string of the molecule is CC(CNC(=O)c1cccc(C(F)(F)F)c1F)C(=O)O. The summed E-state index contributed by atoms with van der Waals surface area (Å²) in [5.74, 6) is -4.90. The molecule has 0 radical (unpaired) electrons. The van der Waals surface area contributed by atoms with Crippen molar-refractivity contribution in [3.05, 3.63) is 35.1 Å². The van der Waals surface area contributed by atoms with E-state index >= 15 is 0 Å². The number of carbonyl (C=O) groups is 2. The first kappa shape index (κ1) is 15.9. The van der Waals surface area contributed by atoms with Crippen LogP contribution in [0.3, 0.4) is 0 Å². The molecule has 20 heavy (non-hydrogen) atoms. The molecule has 2 N–H and O–H groups in total. The normalized spacial score (nSPS) is 12.8. The summed E-state index contributed by atoms with van der Waals surface area (Å²) in [4.78, 5) is 22.1. The molecule has 1 atom stereocenters. The molecule has 0 bridgehead atoms. The van der Waals surface area contributed by atoms with E-state index in [1.807, 2.05) is 0 Å². The van der Waals surface area contributed by atoms with E-state index in [-0.39, 0.29) is 6.54 Å². The van der Waals surface area contributed by atoms with Crippen molar-refractivity contribution in [3.63, 3.8) is 0 Å². The Bertz CT molecular complexity index is 528. The van der Waals surface area contributed by atoms with Gasteiger partial charge in [-0.15, -0.1) is 0 Å². The molecule has 8 heteroatoms. The Morgan fingerprint density at radius 2 is 1.95 bits per heavy atom. The predicted octanol–water partition coefficient (Wildman–Crippen LogP) is 2.30. The minimum Gasteiger partial charge on any atom is -0.481 e. The number of amides is 1. The number of carboxylic acid groups (broad SMARTS) is 1. The maximum atomic E-state index is 13.6. The smallest absolute Gasteiger partial charge is 0.419 e. The first-order valence-electron chi connectivity index (χ1n) is 5.51. The number of nitrogens with one attached hydrogen (secondary N) is 1. The van der Waals surface area contributed by atoms with Crippen molar-refractivity contribution < 1.29 is 32.3 Å². The molecule has 1 aromatic carbocycles. The molecule has 1 amide bonds. The number of carboxylic acids is 1. The third-order valence-electron chi connectivity index (χ3n) is 2.54. The van der Waals surface area contributed by atoms with Crippen LogP contribution in [0.5, 0.6) is 0 Å². The van der Waals surface area contributed by atoms with Gasteiger partial charge in [0.1, 0.15) is 5.82 Å². The predicted molar refractivity (Wildman–Crippen MR) is 60.5 cm³/mol. The topological polar surface area (TPSA) is 66.4 Å². The van der Waals surface area contributed by atoms with Gasteiger partial charge in [-0.1, -0.05) is 13.0 Å². The van der Waals surface area contributed by atoms with E-state index in [9.17, 15) is 27.2 Å². The molecule has 110 valence electrons. The van der Waals surface area contributed by atoms with Crippen molar-refractivity contribution >= 4 is 11.9 Å². The molecule has 1 aromatic rings. The molecule has 0 aliphatic carbocycles. The molecule has 0 aromatic heterocycles. The summed E-state index contributed by atoms with van der Waals surface area (Å²) >= 11 is 0. The number of halogens is 4. The quantitative estimate of drug-likeness (QED) is 0.837. The Morgan fingerprint density at radius 3 is 2.45 bits per heavy atom. The molecular formula is C12H11F4NO3. The number of rotatable bonds is 4. The van der Waals surface area contributed by atoms with E-state index in [1.165, 1.54) is 6.92 Å². The summed E-state index contributed by atoms with van der Waals surface area (Å²) in [6.07, 6.45) is -4.91. The summed E-state index contributed by atoms with van der Waals surface area (Å²) in [5.41, 5.74) is -2.33. The minimum atomic E-state index is -4.91. The van der Waals surface area contributed by atoms with Crippen molar-refractivity contribution in [2.75, 3.05) is 6.54 Å². The van der Waals surface area contributed by atoms with E-state index in [0.717, 1.165) is 12.1 Å². The van der Waals surface area contributed by atoms with E-state index in [0.29, 0.717) is 6.07 Å². The zero-order valence-electron chi connectivity index (χ0n) is 10.3. The zero-order valence-corrected chi connectivity index (χ0v) is 10.3. The van der Waals surface area contributed by atoms with Crippen LogP contribution in [-0.4, -0.2) is 23.5 Å². The Balaban J connectivity index is 2.92. The van der Waals surface area contributed by atoms with Crippen molar-refractivity contribution in [3.8, 4) is 0 Å². The second-order valence-corrected chi connectivity index (χ2v) is 4.11. The van der Waals surface area contributed by atoms with Crippen molar-refractivity contribution in [2.24, 2.45) is 5.92 Å². The molecule has 0 spiro atoms. The molecule has 0 aliphatic rings. The van der Waals surface area contributed by atoms with Gasteiger partial charge in [0.05, 0.1) is 17.0 Å². The highest BCUT2D eigenvalue weighted by Crippen LogP contribution is 2.32. The van der Waals surface area contributed by atoms with Gasteiger partial charge in [-0.05, 0) is 12.1 Å². The molecule has 4 nitrogen and oxygen atoms in total. The second-order valence-electron chi connectivity index (χ2n) is 4.11. The number of alkyl halides is 3. The van der Waals surface area contributed by atoms with Gasteiger partial charge in [0.2, 0.25) is 0 Å². The van der Waals surface area contributed by atoms with Gasteiger partial charge in [-0.2, -0.15) is 13.2 Å². The monoisotopic (exact) mass is 293 g/mol. The van der Waals surface area contributed by atoms with Crippen LogP contribution in [0.4, 0.5) is 17.6 Å². The Hall–Kier alpha value is -2.12. The number of aliphatic carboxylic acids is 1. The summed E-state index contributed by atoms with van der Waals surface area (Å²) in [6, 6.07) is 2.32. The lowest BCUT2D eigenvalue weighted by atomic mass is 10.1. The average Bonchev–Trinajstić information content (AvgIpc) is 2.34. The third kappa shape index (κ3) is 3.69. The van der Waals surface area contributed by atoms with Crippen LogP contribution >= 0.6 is 0 Å². The van der Waals surface area contributed by atoms with E-state index in [2.05, 4.69) is 5.32 Å². The van der Waals surface area contributed by atoms with Crippen LogP contribution in [0, 0.1) is 11.7 Å². The average molecular weight is 293 g/mol. The molecule has 0 fully saturated rings. The molecule has 1 rings (SSSR count). The number of benzene rings is 1. The van der Waals surface area contributed by atoms with E-state index in [4.69, 9.17) is 5.11 Å². The van der Waals surface area contributed by atoms with Gasteiger partial charge in [0.15, 0.2) is 0 Å². The highest BCUT2D eigenvalue weighted by atomic mass is 19.4. The summed E-state index contributed by atoms with van der Waals surface area (Å²) in [6.45, 7) is 0.981. The fourth-order valence-electron chi connectivity index (χ4n) is 1.35. The fourth-order valence-corrected chi connectivity index (χ4v) is 1.35. The van der Waals surface area contributed by atoms with Crippen LogP contribution in [-0.2, 0) is 11.0 Å². The molecule has 0 heterocycles. The van der Waals surface area contributed by atoms with E-state index < -0.39 is 40.9 Å². The van der Waals surface area contributed by atoms with Gasteiger partial charge in [-0.3, -0.25) is 9.59 Å². The van der Waals surface area contributed by atoms with Crippen molar-refractivity contribution in [2.45, 2.75) is 13.1 Å². The Kier molecular flexibility index (Phi) is 4.69. The molecule has 0 saturated heterocycles. The van der Waals surface area contributed by atoms with Crippen LogP contribution in [0.25, 0.3) is 0 Å². The Morgan fingerprint density at radius 1 is 1.35 bits per heavy atom. The van der Waals surface area contributed by atoms with Gasteiger partial charge in [0, 0.05) is 6.54 Å². The van der Waals surface area contributed by atoms with Crippen molar-refractivity contribution in [1.82, 2.24) is 5.32 Å². The lowest BCUT2D eigenvalue weighted by Crippen LogP contribution is -2.32. The lowest BCUT2D eigenvalue weighted by molar-refractivity contribution is -0.141. The minimum absolute atomic E-state index is 0.316. The zero-order chi connectivity index (χ0) is 15.5. The van der Waals surface area contributed by atoms with Gasteiger partial charge < -0.3 is 10.4 Å². The maximum absolute atomic E-state index is 13.6. The number of hydrogen-bond acceptors (Lipinski definition) is 2. The van der Waals surface area contributed by atoms with Gasteiger partial charge in [0.25, 0.3) is 5.91 Å². The summed E-state index contributed by atoms with van der Waals surface area (Å²) in [5, 5.41) is 10.7. The van der Waals surface area contributed by atoms with Crippen LogP contribution < -0.4 is 5.32 Å². The van der Waals surface area contributed by atoms with Crippen LogP contribution in [0.1, 0.15) is 22.8 Å². The first-order chi connectivity index (χ1) is 9.14. The Labute approximate surface area is 111 Å². The molecular weight excluding hydrogens is 282 g/mol. The highest BCUT2D eigenvalue weighted by Gasteiger charge is 2.35. The standard InChI is InChI=1S/C12H11F4NO3/c1-6(11(19)20)5-17-10(18)7-3-2-4-8(9(7)13)12(14,15)16/h2-4,6H,5H2,1H3,(H,17,18)(H,19,20). The molecule has 0 saturated carbocycles. The lowest BCUT2D eigenvalue weighted by Gasteiger charge is -2.12. The van der Waals surface area contributed by atoms with Gasteiger partial charge >= 0.3 is 12.1 Å². The molecule has 0 aliphatic heterocycles. The molecule has 1 unspecified atom stereocenters. The summed E-state index contributed by atoms with van der Waals surface area (Å²) in [7, 11) is 0. The largest absolute Gasteiger partial charge is 0.481 e. The number of carbonyl (C=O) groups excluding carboxylic acids is 1. The van der Waals surface area contributed by atoms with E-state index in [1.54, 1.807) is 0 Å². The second kappa shape index (κ2) is 5.89. The highest BCUT2D eigenvalue weighted by molar-refractivity contribution is 5.94. The fraction of sp³-hybridized carbons (Fsp3) is 0.333. The third-order valence-corrected chi connectivity index (χ3v) is 2.54. The maximum Gasteiger partial charge on any atom is 0.419 e. The first-order valence-corrected chi connectivity index (χ1v) is 5.51. The van der Waals surface area contributed by atoms with Crippen LogP contribution in [0.2, 0.25) is 0 Å². The number of hydrogen-bond donors (Lipinski definition) is 2. The van der Waals surface area contributed by atoms with Crippen LogP contribution in [0.15, 0.2) is 18.2 Å². The summed E-state index contributed by atoms with van der Waals surface area (Å²) < 4.78 is 51.0. The van der Waals surface area contributed by atoms with Crippen molar-refractivity contribution in [1.29, 1.82) is 0 Å². The van der Waals surface area contributed by atoms with Gasteiger partial charge in [-0.25, -0.2) is 4.39 Å².